The molecule has 5 heteroatoms. The maximum absolute atomic E-state index is 11.2. The molecule has 0 aliphatic carbocycles. The summed E-state index contributed by atoms with van der Waals surface area (Å²) < 4.78 is 10.7. The molecule has 0 saturated carbocycles. The summed E-state index contributed by atoms with van der Waals surface area (Å²) in [5.41, 5.74) is 1.50. The molecule has 1 N–H and O–H groups in total. The number of unbranched alkanes of at least 4 members (excludes halogenated alkanes) is 3. The minimum absolute atomic E-state index is 0.263. The Labute approximate surface area is 136 Å². The van der Waals surface area contributed by atoms with Gasteiger partial charge in [-0.3, -0.25) is 0 Å². The fraction of sp³-hybridized carbons (Fsp3) is 0.444. The van der Waals surface area contributed by atoms with E-state index in [4.69, 9.17) is 14.6 Å². The van der Waals surface area contributed by atoms with Crippen molar-refractivity contribution in [2.24, 2.45) is 0 Å². The van der Waals surface area contributed by atoms with Gasteiger partial charge >= 0.3 is 11.9 Å². The van der Waals surface area contributed by atoms with Crippen molar-refractivity contribution >= 4 is 11.9 Å². The molecule has 0 unspecified atom stereocenters. The second-order valence-electron chi connectivity index (χ2n) is 5.46. The molecule has 5 nitrogen and oxygen atoms in total. The number of rotatable bonds is 10. The fourth-order valence-corrected chi connectivity index (χ4v) is 1.97. The lowest BCUT2D eigenvalue weighted by Gasteiger charge is -2.09. The number of ether oxygens (including phenoxy) is 2. The molecule has 23 heavy (non-hydrogen) atoms. The van der Waals surface area contributed by atoms with Crippen molar-refractivity contribution in [2.75, 3.05) is 13.2 Å². The Morgan fingerprint density at radius 1 is 1.13 bits per heavy atom. The van der Waals surface area contributed by atoms with Crippen LogP contribution in [-0.4, -0.2) is 30.3 Å². The van der Waals surface area contributed by atoms with Crippen LogP contribution in [0.15, 0.2) is 30.4 Å². The van der Waals surface area contributed by atoms with E-state index in [0.717, 1.165) is 31.2 Å². The van der Waals surface area contributed by atoms with Crippen molar-refractivity contribution in [1.29, 1.82) is 0 Å². The van der Waals surface area contributed by atoms with Crippen molar-refractivity contribution < 1.29 is 24.2 Å². The first-order valence-electron chi connectivity index (χ1n) is 7.71. The Balaban J connectivity index is 2.15. The van der Waals surface area contributed by atoms with Gasteiger partial charge in [-0.2, -0.15) is 0 Å². The minimum Gasteiger partial charge on any atom is -0.493 e. The number of benzene rings is 1. The molecule has 0 amide bonds. The van der Waals surface area contributed by atoms with E-state index >= 15 is 0 Å². The summed E-state index contributed by atoms with van der Waals surface area (Å²) in [7, 11) is 0. The molecular weight excluding hydrogens is 296 g/mol. The predicted molar refractivity (Wildman–Crippen MR) is 87.9 cm³/mol. The molecule has 126 valence electrons. The topological polar surface area (TPSA) is 72.8 Å². The highest BCUT2D eigenvalue weighted by atomic mass is 16.5. The van der Waals surface area contributed by atoms with Crippen LogP contribution in [-0.2, 0) is 9.53 Å². The van der Waals surface area contributed by atoms with Crippen LogP contribution in [0.1, 0.15) is 48.5 Å². The van der Waals surface area contributed by atoms with Crippen LogP contribution in [0.25, 0.3) is 0 Å². The quantitative estimate of drug-likeness (QED) is 0.404. The largest absolute Gasteiger partial charge is 0.493 e. The van der Waals surface area contributed by atoms with Gasteiger partial charge in [-0.15, -0.1) is 0 Å². The van der Waals surface area contributed by atoms with Gasteiger partial charge in [0.2, 0.25) is 0 Å². The number of aryl methyl sites for hydroxylation is 1. The molecule has 0 saturated heterocycles. The van der Waals surface area contributed by atoms with Crippen LogP contribution < -0.4 is 4.74 Å². The number of hydrogen-bond donors (Lipinski definition) is 1. The molecule has 0 bridgehead atoms. The van der Waals surface area contributed by atoms with Crippen LogP contribution >= 0.6 is 0 Å². The SMILES string of the molecule is C=C(C)C(=O)OCCCCCCOc1ccc(C(=O)O)cc1C. The molecule has 0 atom stereocenters. The third kappa shape index (κ3) is 7.00. The third-order valence-electron chi connectivity index (χ3n) is 3.30. The standard InChI is InChI=1S/C18H24O5/c1-13(2)18(21)23-11-7-5-4-6-10-22-16-9-8-15(17(19)20)12-14(16)3/h8-9,12H,1,4-7,10-11H2,2-3H3,(H,19,20). The molecular formula is C18H24O5. The van der Waals surface area contributed by atoms with Crippen LogP contribution in [0.4, 0.5) is 0 Å². The zero-order valence-corrected chi connectivity index (χ0v) is 13.8. The van der Waals surface area contributed by atoms with E-state index in [1.165, 1.54) is 0 Å². The summed E-state index contributed by atoms with van der Waals surface area (Å²) in [4.78, 5) is 22.0. The van der Waals surface area contributed by atoms with E-state index in [2.05, 4.69) is 6.58 Å². The second kappa shape index (κ2) is 9.66. The van der Waals surface area contributed by atoms with Gasteiger partial charge in [0.1, 0.15) is 5.75 Å². The highest BCUT2D eigenvalue weighted by Crippen LogP contribution is 2.19. The number of aromatic carboxylic acids is 1. The maximum atomic E-state index is 11.2. The average molecular weight is 320 g/mol. The van der Waals surface area contributed by atoms with Gasteiger partial charge in [-0.25, -0.2) is 9.59 Å². The van der Waals surface area contributed by atoms with Crippen LogP contribution in [0.5, 0.6) is 5.75 Å². The summed E-state index contributed by atoms with van der Waals surface area (Å²) >= 11 is 0. The number of carboxylic acids is 1. The minimum atomic E-state index is -0.938. The molecule has 0 spiro atoms. The van der Waals surface area contributed by atoms with E-state index in [9.17, 15) is 9.59 Å². The summed E-state index contributed by atoms with van der Waals surface area (Å²) in [6.45, 7) is 7.98. The van der Waals surface area contributed by atoms with Gasteiger partial charge < -0.3 is 14.6 Å². The van der Waals surface area contributed by atoms with Crippen molar-refractivity contribution in [1.82, 2.24) is 0 Å². The number of carboxylic acid groups (broad SMARTS) is 1. The highest BCUT2D eigenvalue weighted by Gasteiger charge is 2.06. The van der Waals surface area contributed by atoms with Crippen LogP contribution in [0, 0.1) is 6.92 Å². The Hall–Kier alpha value is -2.30. The first-order chi connectivity index (χ1) is 10.9. The number of hydrogen-bond acceptors (Lipinski definition) is 4. The van der Waals surface area contributed by atoms with Gasteiger partial charge in [0.15, 0.2) is 0 Å². The Morgan fingerprint density at radius 2 is 1.78 bits per heavy atom. The predicted octanol–water partition coefficient (Wildman–Crippen LogP) is 3.75. The van der Waals surface area contributed by atoms with Gasteiger partial charge in [0.25, 0.3) is 0 Å². The van der Waals surface area contributed by atoms with E-state index in [-0.39, 0.29) is 11.5 Å². The van der Waals surface area contributed by atoms with Crippen LogP contribution in [0.2, 0.25) is 0 Å². The first kappa shape index (κ1) is 18.7. The van der Waals surface area contributed by atoms with E-state index in [1.54, 1.807) is 25.1 Å². The van der Waals surface area contributed by atoms with Crippen molar-refractivity contribution in [2.45, 2.75) is 39.5 Å². The summed E-state index contributed by atoms with van der Waals surface area (Å²) in [6.07, 6.45) is 3.67. The average Bonchev–Trinajstić information content (AvgIpc) is 2.50. The molecule has 1 aromatic carbocycles. The smallest absolute Gasteiger partial charge is 0.335 e. The fourth-order valence-electron chi connectivity index (χ4n) is 1.97. The zero-order chi connectivity index (χ0) is 17.2. The van der Waals surface area contributed by atoms with E-state index in [0.29, 0.717) is 24.5 Å². The van der Waals surface area contributed by atoms with Crippen molar-refractivity contribution in [3.63, 3.8) is 0 Å². The lowest BCUT2D eigenvalue weighted by Crippen LogP contribution is -2.06. The molecule has 0 fully saturated rings. The lowest BCUT2D eigenvalue weighted by atomic mass is 10.1. The Morgan fingerprint density at radius 3 is 2.35 bits per heavy atom. The van der Waals surface area contributed by atoms with Crippen molar-refractivity contribution in [3.05, 3.63) is 41.5 Å². The number of carbonyl (C=O) groups is 2. The molecule has 0 heterocycles. The summed E-state index contributed by atoms with van der Waals surface area (Å²) in [6, 6.07) is 4.84. The molecule has 1 rings (SSSR count). The zero-order valence-electron chi connectivity index (χ0n) is 13.8. The molecule has 0 aliphatic rings. The summed E-state index contributed by atoms with van der Waals surface area (Å²) in [5, 5.41) is 8.90. The normalized spacial score (nSPS) is 10.2. The van der Waals surface area contributed by atoms with Gasteiger partial charge in [0, 0.05) is 5.57 Å². The third-order valence-corrected chi connectivity index (χ3v) is 3.30. The van der Waals surface area contributed by atoms with E-state index in [1.807, 2.05) is 6.92 Å². The Kier molecular flexibility index (Phi) is 7.88. The number of esters is 1. The molecule has 0 aromatic heterocycles. The molecule has 1 aromatic rings. The van der Waals surface area contributed by atoms with Gasteiger partial charge in [-0.1, -0.05) is 6.58 Å². The summed E-state index contributed by atoms with van der Waals surface area (Å²) in [5.74, 6) is -0.564. The number of carbonyl (C=O) groups excluding carboxylic acids is 1. The maximum Gasteiger partial charge on any atom is 0.335 e. The van der Waals surface area contributed by atoms with E-state index < -0.39 is 5.97 Å². The Bertz CT molecular complexity index is 563. The molecule has 0 aliphatic heterocycles. The first-order valence-corrected chi connectivity index (χ1v) is 7.71. The van der Waals surface area contributed by atoms with Crippen molar-refractivity contribution in [3.8, 4) is 5.75 Å². The highest BCUT2D eigenvalue weighted by molar-refractivity contribution is 5.88. The van der Waals surface area contributed by atoms with Gasteiger partial charge in [-0.05, 0) is 63.3 Å². The monoisotopic (exact) mass is 320 g/mol. The van der Waals surface area contributed by atoms with Crippen LogP contribution in [0.3, 0.4) is 0 Å². The lowest BCUT2D eigenvalue weighted by molar-refractivity contribution is -0.139. The molecule has 0 radical (unpaired) electrons. The van der Waals surface area contributed by atoms with Gasteiger partial charge in [0.05, 0.1) is 18.8 Å². The second-order valence-corrected chi connectivity index (χ2v) is 5.46.